The number of hydrogen-bond donors (Lipinski definition) is 1. The maximum absolute atomic E-state index is 13.2. The molecule has 0 saturated carbocycles. The number of carboxylic acids is 1. The molecule has 160 valence electrons. The van der Waals surface area contributed by atoms with Crippen LogP contribution in [0.2, 0.25) is 0 Å². The van der Waals surface area contributed by atoms with E-state index in [0.717, 1.165) is 16.2 Å². The number of nitrogens with zero attached hydrogens (tertiary/aromatic N) is 3. The monoisotopic (exact) mass is 427 g/mol. The molecule has 2 aromatic carbocycles. The summed E-state index contributed by atoms with van der Waals surface area (Å²) in [5, 5.41) is 9.23. The van der Waals surface area contributed by atoms with Gasteiger partial charge in [0.2, 0.25) is 0 Å². The van der Waals surface area contributed by atoms with E-state index in [9.17, 15) is 19.5 Å². The first-order valence-corrected chi connectivity index (χ1v) is 9.71. The highest BCUT2D eigenvalue weighted by Gasteiger charge is 2.36. The van der Waals surface area contributed by atoms with Crippen molar-refractivity contribution in [1.82, 2.24) is 0 Å². The highest BCUT2D eigenvalue weighted by atomic mass is 16.4. The molecule has 7 heteroatoms. The molecule has 1 heterocycles. The molecule has 0 radical (unpaired) electrons. The van der Waals surface area contributed by atoms with Crippen LogP contribution in [0, 0.1) is 6.57 Å². The second kappa shape index (κ2) is 9.14. The second-order valence-corrected chi connectivity index (χ2v) is 7.31. The molecule has 0 spiro atoms. The van der Waals surface area contributed by atoms with Crippen LogP contribution >= 0.6 is 0 Å². The van der Waals surface area contributed by atoms with Crippen molar-refractivity contribution in [3.8, 4) is 0 Å². The van der Waals surface area contributed by atoms with Gasteiger partial charge in [0.15, 0.2) is 0 Å². The van der Waals surface area contributed by atoms with Gasteiger partial charge in [-0.3, -0.25) is 14.5 Å². The third kappa shape index (κ3) is 4.35. The van der Waals surface area contributed by atoms with E-state index in [1.165, 1.54) is 24.3 Å². The number of anilines is 2. The maximum atomic E-state index is 13.2. The number of allylic oxidation sites excluding steroid dienone is 2. The molecule has 0 bridgehead atoms. The van der Waals surface area contributed by atoms with E-state index in [4.69, 9.17) is 6.57 Å². The molecule has 1 aliphatic heterocycles. The fraction of sp³-hybridized carbons (Fsp3) is 0.120. The molecule has 0 fully saturated rings. The van der Waals surface area contributed by atoms with Gasteiger partial charge in [-0.2, -0.15) is 0 Å². The highest BCUT2D eigenvalue weighted by Crippen LogP contribution is 2.30. The van der Waals surface area contributed by atoms with Gasteiger partial charge in [0.25, 0.3) is 17.5 Å². The number of carboxylic acid groups (broad SMARTS) is 1. The summed E-state index contributed by atoms with van der Waals surface area (Å²) in [7, 11) is 3.90. The van der Waals surface area contributed by atoms with Gasteiger partial charge in [0.1, 0.15) is 0 Å². The van der Waals surface area contributed by atoms with Gasteiger partial charge >= 0.3 is 5.97 Å². The van der Waals surface area contributed by atoms with Crippen molar-refractivity contribution in [3.63, 3.8) is 0 Å². The van der Waals surface area contributed by atoms with E-state index in [1.807, 2.05) is 49.3 Å². The summed E-state index contributed by atoms with van der Waals surface area (Å²) in [4.78, 5) is 43.4. The lowest BCUT2D eigenvalue weighted by atomic mass is 9.97. The zero-order chi connectivity index (χ0) is 23.4. The molecule has 32 heavy (non-hydrogen) atoms. The molecule has 0 aromatic heterocycles. The van der Waals surface area contributed by atoms with Crippen molar-refractivity contribution in [1.29, 1.82) is 0 Å². The lowest BCUT2D eigenvalue weighted by Gasteiger charge is -2.27. The molecule has 0 unspecified atom stereocenters. The fourth-order valence-corrected chi connectivity index (χ4v) is 3.25. The summed E-state index contributed by atoms with van der Waals surface area (Å²) in [5.41, 5.74) is 2.31. The minimum absolute atomic E-state index is 0.0645. The molecule has 3 rings (SSSR count). The molecule has 0 aliphatic carbocycles. The standard InChI is InChI=1S/C25H21N3O4/c1-16-21(10-5-7-17-11-13-19(14-12-17)27(3)4)23(29)28(24(30)22(16)26-2)20-9-6-8-18(15-20)25(31)32/h5-15H,1,3-4H3,(H,31,32)/b7-5+,21-10+. The first-order chi connectivity index (χ1) is 15.2. The Bertz CT molecular complexity index is 1230. The van der Waals surface area contributed by atoms with Crippen LogP contribution in [0.4, 0.5) is 11.4 Å². The van der Waals surface area contributed by atoms with Crippen LogP contribution in [0.1, 0.15) is 22.8 Å². The summed E-state index contributed by atoms with van der Waals surface area (Å²) >= 11 is 0. The Morgan fingerprint density at radius 1 is 1.09 bits per heavy atom. The van der Waals surface area contributed by atoms with Crippen LogP contribution in [0.5, 0.6) is 0 Å². The van der Waals surface area contributed by atoms with Gasteiger partial charge in [0.05, 0.1) is 17.8 Å². The quantitative estimate of drug-likeness (QED) is 0.440. The Balaban J connectivity index is 1.99. The summed E-state index contributed by atoms with van der Waals surface area (Å²) in [5.74, 6) is -2.57. The summed E-state index contributed by atoms with van der Waals surface area (Å²) in [6, 6.07) is 13.3. The number of imide groups is 1. The van der Waals surface area contributed by atoms with E-state index in [0.29, 0.717) is 0 Å². The summed E-state index contributed by atoms with van der Waals surface area (Å²) in [6.07, 6.45) is 5.06. The Morgan fingerprint density at radius 3 is 2.38 bits per heavy atom. The molecular weight excluding hydrogens is 406 g/mol. The Kier molecular flexibility index (Phi) is 6.36. The van der Waals surface area contributed by atoms with Gasteiger partial charge in [-0.1, -0.05) is 36.4 Å². The zero-order valence-electron chi connectivity index (χ0n) is 17.9. The minimum atomic E-state index is -1.18. The zero-order valence-corrected chi connectivity index (χ0v) is 17.9. The third-order valence-corrected chi connectivity index (χ3v) is 5.02. The predicted octanol–water partition coefficient (Wildman–Crippen LogP) is 4.16. The normalized spacial score (nSPS) is 15.4. The molecule has 2 amide bonds. The van der Waals surface area contributed by atoms with Gasteiger partial charge in [-0.15, -0.1) is 0 Å². The predicted molar refractivity (Wildman–Crippen MR) is 123 cm³/mol. The third-order valence-electron chi connectivity index (χ3n) is 5.02. The van der Waals surface area contributed by atoms with Gasteiger partial charge < -0.3 is 10.0 Å². The smallest absolute Gasteiger partial charge is 0.335 e. The van der Waals surface area contributed by atoms with Crippen LogP contribution in [-0.4, -0.2) is 37.0 Å². The second-order valence-electron chi connectivity index (χ2n) is 7.31. The lowest BCUT2D eigenvalue weighted by Crippen LogP contribution is -2.42. The molecule has 0 saturated heterocycles. The first kappa shape index (κ1) is 22.2. The minimum Gasteiger partial charge on any atom is -0.478 e. The van der Waals surface area contributed by atoms with E-state index in [1.54, 1.807) is 19.1 Å². The first-order valence-electron chi connectivity index (χ1n) is 9.71. The van der Waals surface area contributed by atoms with Gasteiger partial charge in [-0.05, 0) is 48.4 Å². The van der Waals surface area contributed by atoms with Crippen LogP contribution in [-0.2, 0) is 9.59 Å². The van der Waals surface area contributed by atoms with Crippen molar-refractivity contribution in [2.24, 2.45) is 0 Å². The van der Waals surface area contributed by atoms with Gasteiger partial charge in [-0.25, -0.2) is 9.64 Å². The average Bonchev–Trinajstić information content (AvgIpc) is 2.77. The highest BCUT2D eigenvalue weighted by molar-refractivity contribution is 6.30. The summed E-state index contributed by atoms with van der Waals surface area (Å²) < 4.78 is 0. The van der Waals surface area contributed by atoms with E-state index in [2.05, 4.69) is 4.85 Å². The summed E-state index contributed by atoms with van der Waals surface area (Å²) in [6.45, 7) is 8.96. The molecule has 0 atom stereocenters. The Hall–Kier alpha value is -4.44. The van der Waals surface area contributed by atoms with E-state index >= 15 is 0 Å². The number of carbonyl (C=O) groups is 3. The van der Waals surface area contributed by atoms with Crippen molar-refractivity contribution < 1.29 is 19.5 Å². The Labute approximate surface area is 186 Å². The Morgan fingerprint density at radius 2 is 1.78 bits per heavy atom. The van der Waals surface area contributed by atoms with Crippen LogP contribution in [0.15, 0.2) is 77.5 Å². The number of amides is 2. The van der Waals surface area contributed by atoms with Crippen molar-refractivity contribution >= 4 is 35.2 Å². The number of carbonyl (C=O) groups excluding carboxylic acids is 2. The number of aromatic carboxylic acids is 1. The van der Waals surface area contributed by atoms with Crippen LogP contribution in [0.25, 0.3) is 10.9 Å². The van der Waals surface area contributed by atoms with E-state index in [-0.39, 0.29) is 28.1 Å². The molecule has 1 N–H and O–H groups in total. The van der Waals surface area contributed by atoms with E-state index < -0.39 is 17.8 Å². The molecule has 2 aromatic rings. The molecular formula is C25H21N3O4. The van der Waals surface area contributed by atoms with Crippen molar-refractivity contribution in [2.75, 3.05) is 23.9 Å². The maximum Gasteiger partial charge on any atom is 0.335 e. The van der Waals surface area contributed by atoms with Gasteiger partial charge in [0, 0.05) is 25.4 Å². The average molecular weight is 427 g/mol. The fourth-order valence-electron chi connectivity index (χ4n) is 3.25. The molecule has 1 aliphatic rings. The SMILES string of the molecule is [C-]#[N+]C1=C(C)/C(=C\C=C\c2ccc(N(C)C)cc2)C(=O)N(c2cccc(C(=O)O)c2)C1=O. The van der Waals surface area contributed by atoms with Crippen LogP contribution in [0.3, 0.4) is 0 Å². The largest absolute Gasteiger partial charge is 0.478 e. The van der Waals surface area contributed by atoms with Crippen molar-refractivity contribution in [3.05, 3.63) is 100 Å². The molecule has 7 nitrogen and oxygen atoms in total. The number of hydrogen-bond acceptors (Lipinski definition) is 4. The topological polar surface area (TPSA) is 82.3 Å². The van der Waals surface area contributed by atoms with Crippen LogP contribution < -0.4 is 9.80 Å². The lowest BCUT2D eigenvalue weighted by molar-refractivity contribution is -0.123. The number of rotatable bonds is 5. The van der Waals surface area contributed by atoms with Crippen molar-refractivity contribution in [2.45, 2.75) is 6.92 Å². The number of benzene rings is 2.